The Morgan fingerprint density at radius 2 is 1.92 bits per heavy atom. The van der Waals surface area contributed by atoms with Crippen LogP contribution in [0.2, 0.25) is 0 Å². The number of amides is 1. The Morgan fingerprint density at radius 3 is 2.62 bits per heavy atom. The monoisotopic (exact) mass is 328 g/mol. The molecule has 2 saturated heterocycles. The lowest BCUT2D eigenvalue weighted by Crippen LogP contribution is -2.41. The van der Waals surface area contributed by atoms with E-state index in [0.717, 1.165) is 37.2 Å². The molecule has 1 aromatic rings. The minimum atomic E-state index is 0.144. The smallest absolute Gasteiger partial charge is 0.246 e. The molecule has 24 heavy (non-hydrogen) atoms. The predicted octanol–water partition coefficient (Wildman–Crippen LogP) is 3.19. The van der Waals surface area contributed by atoms with E-state index in [1.54, 1.807) is 6.08 Å². The fraction of sp³-hybridized carbons (Fsp3) is 0.550. The van der Waals surface area contributed by atoms with Crippen LogP contribution in [-0.4, -0.2) is 54.5 Å². The number of carbonyl (C=O) groups excluding carboxylic acids is 1. The number of benzene rings is 1. The minimum Gasteiger partial charge on any atom is -0.494 e. The van der Waals surface area contributed by atoms with Crippen LogP contribution in [0.4, 0.5) is 0 Å². The molecule has 0 aromatic heterocycles. The van der Waals surface area contributed by atoms with Gasteiger partial charge < -0.3 is 14.5 Å². The van der Waals surface area contributed by atoms with Gasteiger partial charge in [-0.3, -0.25) is 4.79 Å². The highest BCUT2D eigenvalue weighted by Crippen LogP contribution is 2.21. The molecule has 2 heterocycles. The van der Waals surface area contributed by atoms with E-state index in [4.69, 9.17) is 4.74 Å². The third-order valence-corrected chi connectivity index (χ3v) is 4.94. The quantitative estimate of drug-likeness (QED) is 0.752. The van der Waals surface area contributed by atoms with Crippen molar-refractivity contribution in [3.63, 3.8) is 0 Å². The molecule has 4 heteroatoms. The van der Waals surface area contributed by atoms with Crippen LogP contribution in [0.5, 0.6) is 5.75 Å². The largest absolute Gasteiger partial charge is 0.494 e. The molecule has 4 nitrogen and oxygen atoms in total. The maximum atomic E-state index is 12.6. The molecular weight excluding hydrogens is 300 g/mol. The van der Waals surface area contributed by atoms with Gasteiger partial charge in [0.15, 0.2) is 0 Å². The number of ether oxygens (including phenoxy) is 1. The zero-order valence-electron chi connectivity index (χ0n) is 14.6. The topological polar surface area (TPSA) is 32.8 Å². The van der Waals surface area contributed by atoms with Crippen LogP contribution in [0.15, 0.2) is 30.3 Å². The molecule has 0 N–H and O–H groups in total. The van der Waals surface area contributed by atoms with Crippen LogP contribution < -0.4 is 4.74 Å². The van der Waals surface area contributed by atoms with Crippen molar-refractivity contribution in [3.8, 4) is 5.75 Å². The molecule has 0 bridgehead atoms. The summed E-state index contributed by atoms with van der Waals surface area (Å²) in [7, 11) is 0. The fourth-order valence-electron chi connectivity index (χ4n) is 3.68. The SMILES string of the molecule is CCOc1ccc(/C=C/C(=O)N2CCCC2CN2CCCC2)cc1. The molecule has 2 aliphatic heterocycles. The molecule has 3 rings (SSSR count). The number of likely N-dealkylation sites (tertiary alicyclic amines) is 2. The maximum absolute atomic E-state index is 12.6. The Bertz CT molecular complexity index is 562. The van der Waals surface area contributed by atoms with Crippen molar-refractivity contribution < 1.29 is 9.53 Å². The molecule has 0 radical (unpaired) electrons. The van der Waals surface area contributed by atoms with E-state index < -0.39 is 0 Å². The highest BCUT2D eigenvalue weighted by molar-refractivity contribution is 5.92. The second kappa shape index (κ2) is 8.34. The van der Waals surface area contributed by atoms with E-state index >= 15 is 0 Å². The minimum absolute atomic E-state index is 0.144. The summed E-state index contributed by atoms with van der Waals surface area (Å²) in [6, 6.07) is 8.25. The zero-order valence-corrected chi connectivity index (χ0v) is 14.6. The van der Waals surface area contributed by atoms with Crippen LogP contribution in [0.1, 0.15) is 38.2 Å². The van der Waals surface area contributed by atoms with Gasteiger partial charge in [0.1, 0.15) is 5.75 Å². The number of rotatable bonds is 6. The van der Waals surface area contributed by atoms with Gasteiger partial charge in [0.25, 0.3) is 0 Å². The van der Waals surface area contributed by atoms with Crippen molar-refractivity contribution in [1.29, 1.82) is 0 Å². The molecule has 0 spiro atoms. The van der Waals surface area contributed by atoms with Gasteiger partial charge in [-0.25, -0.2) is 0 Å². The third-order valence-electron chi connectivity index (χ3n) is 4.94. The summed E-state index contributed by atoms with van der Waals surface area (Å²) >= 11 is 0. The molecule has 130 valence electrons. The molecule has 1 aromatic carbocycles. The summed E-state index contributed by atoms with van der Waals surface area (Å²) in [4.78, 5) is 17.1. The average molecular weight is 328 g/mol. The Morgan fingerprint density at radius 1 is 1.17 bits per heavy atom. The van der Waals surface area contributed by atoms with Crippen molar-refractivity contribution in [1.82, 2.24) is 9.80 Å². The molecule has 0 saturated carbocycles. The third kappa shape index (κ3) is 4.38. The van der Waals surface area contributed by atoms with Crippen LogP contribution >= 0.6 is 0 Å². The Balaban J connectivity index is 1.56. The first-order chi connectivity index (χ1) is 11.8. The van der Waals surface area contributed by atoms with Crippen molar-refractivity contribution in [2.45, 2.75) is 38.6 Å². The first-order valence-corrected chi connectivity index (χ1v) is 9.20. The summed E-state index contributed by atoms with van der Waals surface area (Å²) in [6.45, 7) is 6.97. The molecule has 2 fully saturated rings. The first-order valence-electron chi connectivity index (χ1n) is 9.20. The van der Waals surface area contributed by atoms with E-state index in [2.05, 4.69) is 9.80 Å². The van der Waals surface area contributed by atoms with Crippen molar-refractivity contribution >= 4 is 12.0 Å². The molecular formula is C20H28N2O2. The molecule has 2 aliphatic rings. The van der Waals surface area contributed by atoms with E-state index in [-0.39, 0.29) is 5.91 Å². The number of carbonyl (C=O) groups is 1. The van der Waals surface area contributed by atoms with Crippen molar-refractivity contribution in [2.24, 2.45) is 0 Å². The van der Waals surface area contributed by atoms with Gasteiger partial charge in [-0.15, -0.1) is 0 Å². The van der Waals surface area contributed by atoms with Crippen LogP contribution in [-0.2, 0) is 4.79 Å². The van der Waals surface area contributed by atoms with Crippen LogP contribution in [0, 0.1) is 0 Å². The van der Waals surface area contributed by atoms with Crippen LogP contribution in [0.25, 0.3) is 6.08 Å². The van der Waals surface area contributed by atoms with Gasteiger partial charge in [0.2, 0.25) is 5.91 Å². The standard InChI is InChI=1S/C20H28N2O2/c1-2-24-19-10-7-17(8-11-19)9-12-20(23)22-15-5-6-18(22)16-21-13-3-4-14-21/h7-12,18H,2-6,13-16H2,1H3/b12-9+. The van der Waals surface area contributed by atoms with Crippen molar-refractivity contribution in [3.05, 3.63) is 35.9 Å². The summed E-state index contributed by atoms with van der Waals surface area (Å²) in [5, 5.41) is 0. The predicted molar refractivity (Wildman–Crippen MR) is 97.1 cm³/mol. The molecule has 0 aliphatic carbocycles. The van der Waals surface area contributed by atoms with E-state index in [0.29, 0.717) is 12.6 Å². The summed E-state index contributed by atoms with van der Waals surface area (Å²) < 4.78 is 5.44. The van der Waals surface area contributed by atoms with Crippen LogP contribution in [0.3, 0.4) is 0 Å². The molecule has 1 amide bonds. The van der Waals surface area contributed by atoms with E-state index in [1.165, 1.54) is 25.9 Å². The lowest BCUT2D eigenvalue weighted by atomic mass is 10.2. The molecule has 1 unspecified atom stereocenters. The van der Waals surface area contributed by atoms with E-state index in [9.17, 15) is 4.79 Å². The Hall–Kier alpha value is -1.81. The Labute approximate surface area is 145 Å². The van der Waals surface area contributed by atoms with Gasteiger partial charge in [0, 0.05) is 25.2 Å². The van der Waals surface area contributed by atoms with E-state index in [1.807, 2.05) is 37.3 Å². The lowest BCUT2D eigenvalue weighted by molar-refractivity contribution is -0.127. The van der Waals surface area contributed by atoms with Gasteiger partial charge in [-0.1, -0.05) is 12.1 Å². The summed E-state index contributed by atoms with van der Waals surface area (Å²) in [5.74, 6) is 1.01. The van der Waals surface area contributed by atoms with Gasteiger partial charge in [-0.2, -0.15) is 0 Å². The van der Waals surface area contributed by atoms with Crippen molar-refractivity contribution in [2.75, 3.05) is 32.8 Å². The Kier molecular flexibility index (Phi) is 5.91. The number of hydrogen-bond acceptors (Lipinski definition) is 3. The second-order valence-corrected chi connectivity index (χ2v) is 6.67. The molecule has 1 atom stereocenters. The normalized spacial score (nSPS) is 21.7. The summed E-state index contributed by atoms with van der Waals surface area (Å²) in [5.41, 5.74) is 1.03. The highest BCUT2D eigenvalue weighted by Gasteiger charge is 2.29. The number of nitrogens with zero attached hydrogens (tertiary/aromatic N) is 2. The first kappa shape index (κ1) is 17.0. The fourth-order valence-corrected chi connectivity index (χ4v) is 3.68. The highest BCUT2D eigenvalue weighted by atomic mass is 16.5. The second-order valence-electron chi connectivity index (χ2n) is 6.67. The zero-order chi connectivity index (χ0) is 16.8. The lowest BCUT2D eigenvalue weighted by Gasteiger charge is -2.27. The number of hydrogen-bond donors (Lipinski definition) is 0. The van der Waals surface area contributed by atoms with Gasteiger partial charge in [-0.05, 0) is 69.5 Å². The maximum Gasteiger partial charge on any atom is 0.246 e. The average Bonchev–Trinajstić information content (AvgIpc) is 3.27. The van der Waals surface area contributed by atoms with Gasteiger partial charge >= 0.3 is 0 Å². The summed E-state index contributed by atoms with van der Waals surface area (Å²) in [6.07, 6.45) is 8.50. The van der Waals surface area contributed by atoms with Gasteiger partial charge in [0.05, 0.1) is 6.61 Å².